The highest BCUT2D eigenvalue weighted by molar-refractivity contribution is 9.10. The Morgan fingerprint density at radius 2 is 2.17 bits per heavy atom. The van der Waals surface area contributed by atoms with Crippen LogP contribution in [-0.4, -0.2) is 27.7 Å². The SMILES string of the molecule is CC(C)(C)OC(=O)N(c1ncncc1Br)C1CC1. The van der Waals surface area contributed by atoms with Crippen molar-refractivity contribution < 1.29 is 9.53 Å². The number of carbonyl (C=O) groups excluding carboxylic acids is 1. The number of hydrogen-bond acceptors (Lipinski definition) is 4. The first-order chi connectivity index (χ1) is 8.38. The van der Waals surface area contributed by atoms with E-state index in [4.69, 9.17) is 4.74 Å². The number of ether oxygens (including phenoxy) is 1. The Kier molecular flexibility index (Phi) is 3.56. The molecule has 0 N–H and O–H groups in total. The lowest BCUT2D eigenvalue weighted by Crippen LogP contribution is -2.39. The van der Waals surface area contributed by atoms with Crippen molar-refractivity contribution in [3.05, 3.63) is 17.0 Å². The number of amides is 1. The zero-order chi connectivity index (χ0) is 13.3. The van der Waals surface area contributed by atoms with Crippen LogP contribution in [0.5, 0.6) is 0 Å². The van der Waals surface area contributed by atoms with Crippen LogP contribution in [0.2, 0.25) is 0 Å². The Morgan fingerprint density at radius 3 is 2.67 bits per heavy atom. The highest BCUT2D eigenvalue weighted by Gasteiger charge is 2.38. The van der Waals surface area contributed by atoms with Crippen LogP contribution in [0.1, 0.15) is 33.6 Å². The molecule has 1 heterocycles. The molecule has 0 spiro atoms. The largest absolute Gasteiger partial charge is 0.443 e. The van der Waals surface area contributed by atoms with Gasteiger partial charge in [0.25, 0.3) is 0 Å². The fraction of sp³-hybridized carbons (Fsp3) is 0.583. The number of halogens is 1. The van der Waals surface area contributed by atoms with E-state index in [2.05, 4.69) is 25.9 Å². The van der Waals surface area contributed by atoms with Crippen LogP contribution in [-0.2, 0) is 4.74 Å². The number of carbonyl (C=O) groups is 1. The maximum Gasteiger partial charge on any atom is 0.416 e. The van der Waals surface area contributed by atoms with Gasteiger partial charge in [0.05, 0.1) is 4.47 Å². The van der Waals surface area contributed by atoms with Crippen LogP contribution in [0.25, 0.3) is 0 Å². The summed E-state index contributed by atoms with van der Waals surface area (Å²) in [6.45, 7) is 5.56. The van der Waals surface area contributed by atoms with E-state index in [1.807, 2.05) is 20.8 Å². The molecule has 2 rings (SSSR count). The standard InChI is InChI=1S/C12H16BrN3O2/c1-12(2,3)18-11(17)16(8-4-5-8)10-9(13)6-14-7-15-10/h6-8H,4-5H2,1-3H3. The first kappa shape index (κ1) is 13.3. The van der Waals surface area contributed by atoms with Crippen molar-refractivity contribution in [3.63, 3.8) is 0 Å². The molecule has 1 amide bonds. The third kappa shape index (κ3) is 3.19. The van der Waals surface area contributed by atoms with Gasteiger partial charge in [-0.25, -0.2) is 14.8 Å². The Morgan fingerprint density at radius 1 is 1.50 bits per heavy atom. The predicted molar refractivity (Wildman–Crippen MR) is 71.5 cm³/mol. The molecule has 6 heteroatoms. The topological polar surface area (TPSA) is 55.3 Å². The van der Waals surface area contributed by atoms with Crippen LogP contribution in [0.3, 0.4) is 0 Å². The third-order valence-electron chi connectivity index (χ3n) is 2.38. The molecule has 0 unspecified atom stereocenters. The molecule has 1 aromatic rings. The zero-order valence-electron chi connectivity index (χ0n) is 10.7. The molecule has 1 aliphatic carbocycles. The third-order valence-corrected chi connectivity index (χ3v) is 2.94. The van der Waals surface area contributed by atoms with Gasteiger partial charge in [0.2, 0.25) is 0 Å². The van der Waals surface area contributed by atoms with E-state index in [-0.39, 0.29) is 12.1 Å². The van der Waals surface area contributed by atoms with E-state index in [1.165, 1.54) is 6.33 Å². The molecule has 18 heavy (non-hydrogen) atoms. The van der Waals surface area contributed by atoms with Gasteiger partial charge in [-0.1, -0.05) is 0 Å². The minimum atomic E-state index is -0.510. The Hall–Kier alpha value is -1.17. The molecule has 0 aromatic carbocycles. The summed E-state index contributed by atoms with van der Waals surface area (Å²) >= 11 is 3.37. The molecule has 0 saturated heterocycles. The van der Waals surface area contributed by atoms with Crippen molar-refractivity contribution in [1.82, 2.24) is 9.97 Å². The van der Waals surface area contributed by atoms with Crippen molar-refractivity contribution in [2.24, 2.45) is 0 Å². The minimum absolute atomic E-state index is 0.186. The van der Waals surface area contributed by atoms with E-state index >= 15 is 0 Å². The van der Waals surface area contributed by atoms with Crippen LogP contribution >= 0.6 is 15.9 Å². The maximum atomic E-state index is 12.2. The second-order valence-corrected chi connectivity index (χ2v) is 6.13. The normalized spacial score (nSPS) is 15.3. The molecule has 1 aliphatic rings. The Labute approximate surface area is 115 Å². The lowest BCUT2D eigenvalue weighted by Gasteiger charge is -2.27. The van der Waals surface area contributed by atoms with Crippen molar-refractivity contribution in [3.8, 4) is 0 Å². The quantitative estimate of drug-likeness (QED) is 0.841. The second kappa shape index (κ2) is 4.84. The van der Waals surface area contributed by atoms with Crippen molar-refractivity contribution in [2.45, 2.75) is 45.3 Å². The van der Waals surface area contributed by atoms with E-state index in [9.17, 15) is 4.79 Å². The summed E-state index contributed by atoms with van der Waals surface area (Å²) in [5, 5.41) is 0. The van der Waals surface area contributed by atoms with E-state index in [0.717, 1.165) is 12.8 Å². The van der Waals surface area contributed by atoms with Crippen molar-refractivity contribution in [2.75, 3.05) is 4.90 Å². The van der Waals surface area contributed by atoms with Crippen LogP contribution < -0.4 is 4.90 Å². The van der Waals surface area contributed by atoms with Crippen LogP contribution in [0, 0.1) is 0 Å². The van der Waals surface area contributed by atoms with E-state index in [0.29, 0.717) is 10.3 Å². The van der Waals surface area contributed by atoms with Crippen LogP contribution in [0.4, 0.5) is 10.6 Å². The molecular weight excluding hydrogens is 298 g/mol. The monoisotopic (exact) mass is 313 g/mol. The van der Waals surface area contributed by atoms with Gasteiger partial charge in [0, 0.05) is 12.2 Å². The summed E-state index contributed by atoms with van der Waals surface area (Å²) in [4.78, 5) is 21.9. The fourth-order valence-corrected chi connectivity index (χ4v) is 1.95. The summed E-state index contributed by atoms with van der Waals surface area (Å²) in [6, 6.07) is 0.186. The van der Waals surface area contributed by atoms with Gasteiger partial charge in [-0.15, -0.1) is 0 Å². The number of hydrogen-bond donors (Lipinski definition) is 0. The van der Waals surface area contributed by atoms with Crippen molar-refractivity contribution >= 4 is 27.8 Å². The van der Waals surface area contributed by atoms with Gasteiger partial charge in [0.15, 0.2) is 5.82 Å². The Bertz CT molecular complexity index is 455. The average Bonchev–Trinajstić information content (AvgIpc) is 3.03. The average molecular weight is 314 g/mol. The number of aromatic nitrogens is 2. The summed E-state index contributed by atoms with van der Waals surface area (Å²) in [5.74, 6) is 0.571. The van der Waals surface area contributed by atoms with E-state index < -0.39 is 5.60 Å². The van der Waals surface area contributed by atoms with Gasteiger partial charge in [-0.05, 0) is 49.5 Å². The number of anilines is 1. The fourth-order valence-electron chi connectivity index (χ4n) is 1.54. The van der Waals surface area contributed by atoms with Gasteiger partial charge in [0.1, 0.15) is 11.9 Å². The second-order valence-electron chi connectivity index (χ2n) is 5.28. The molecule has 98 valence electrons. The van der Waals surface area contributed by atoms with Gasteiger partial charge in [-0.2, -0.15) is 0 Å². The lowest BCUT2D eigenvalue weighted by atomic mass is 10.2. The molecule has 1 aromatic heterocycles. The first-order valence-corrected chi connectivity index (χ1v) is 6.65. The van der Waals surface area contributed by atoms with Gasteiger partial charge < -0.3 is 4.74 Å². The first-order valence-electron chi connectivity index (χ1n) is 5.86. The molecule has 5 nitrogen and oxygen atoms in total. The van der Waals surface area contributed by atoms with Gasteiger partial charge in [-0.3, -0.25) is 4.90 Å². The molecule has 0 atom stereocenters. The molecular formula is C12H16BrN3O2. The van der Waals surface area contributed by atoms with Crippen molar-refractivity contribution in [1.29, 1.82) is 0 Å². The highest BCUT2D eigenvalue weighted by Crippen LogP contribution is 2.35. The number of rotatable bonds is 2. The smallest absolute Gasteiger partial charge is 0.416 e. The van der Waals surface area contributed by atoms with E-state index in [1.54, 1.807) is 11.1 Å². The Balaban J connectivity index is 2.24. The zero-order valence-corrected chi connectivity index (χ0v) is 12.3. The molecule has 1 saturated carbocycles. The minimum Gasteiger partial charge on any atom is -0.443 e. The summed E-state index contributed by atoms with van der Waals surface area (Å²) < 4.78 is 6.11. The molecule has 0 bridgehead atoms. The van der Waals surface area contributed by atoms with Crippen LogP contribution in [0.15, 0.2) is 17.0 Å². The highest BCUT2D eigenvalue weighted by atomic mass is 79.9. The number of nitrogens with zero attached hydrogens (tertiary/aromatic N) is 3. The summed E-state index contributed by atoms with van der Waals surface area (Å²) in [5.41, 5.74) is -0.510. The summed E-state index contributed by atoms with van der Waals surface area (Å²) in [6.07, 6.45) is 4.66. The lowest BCUT2D eigenvalue weighted by molar-refractivity contribution is 0.0576. The predicted octanol–water partition coefficient (Wildman–Crippen LogP) is 3.14. The molecule has 0 aliphatic heterocycles. The van der Waals surface area contributed by atoms with Gasteiger partial charge >= 0.3 is 6.09 Å². The molecule has 1 fully saturated rings. The maximum absolute atomic E-state index is 12.2. The summed E-state index contributed by atoms with van der Waals surface area (Å²) in [7, 11) is 0. The molecule has 0 radical (unpaired) electrons.